The average molecular weight is 305 g/mol. The molecule has 3 heterocycles. The highest BCUT2D eigenvalue weighted by Crippen LogP contribution is 2.23. The zero-order valence-corrected chi connectivity index (χ0v) is 13.1. The second-order valence-corrected chi connectivity index (χ2v) is 5.78. The van der Waals surface area contributed by atoms with Crippen LogP contribution in [0.1, 0.15) is 0 Å². The predicted molar refractivity (Wildman–Crippen MR) is 85.0 cm³/mol. The van der Waals surface area contributed by atoms with E-state index in [1.54, 1.807) is 10.9 Å². The number of hydrogen-bond acceptors (Lipinski definition) is 6. The van der Waals surface area contributed by atoms with Crippen LogP contribution < -0.4 is 4.90 Å². The molecule has 0 radical (unpaired) electrons. The number of β-amino-alcohol motifs (C(OH)–C–C–N with tert-alkyl or cyclic N) is 1. The number of anilines is 1. The predicted octanol–water partition coefficient (Wildman–Crippen LogP) is 0.0976. The smallest absolute Gasteiger partial charge is 0.159 e. The number of ether oxygens (including phenoxy) is 1. The lowest BCUT2D eigenvalue weighted by Crippen LogP contribution is -2.44. The summed E-state index contributed by atoms with van der Waals surface area (Å²) in [5, 5.41) is 15.6. The van der Waals surface area contributed by atoms with Crippen molar-refractivity contribution in [3.05, 3.63) is 18.5 Å². The van der Waals surface area contributed by atoms with E-state index in [4.69, 9.17) is 4.74 Å². The maximum atomic E-state index is 10.3. The Morgan fingerprint density at radius 2 is 2.18 bits per heavy atom. The Kier molecular flexibility index (Phi) is 4.56. The van der Waals surface area contributed by atoms with Crippen molar-refractivity contribution in [3.8, 4) is 0 Å². The molecule has 3 rings (SSSR count). The van der Waals surface area contributed by atoms with Crippen LogP contribution >= 0.6 is 0 Å². The highest BCUT2D eigenvalue weighted by atomic mass is 16.5. The van der Waals surface area contributed by atoms with Crippen molar-refractivity contribution in [1.29, 1.82) is 0 Å². The third-order valence-corrected chi connectivity index (χ3v) is 4.08. The second kappa shape index (κ2) is 6.60. The number of hydrogen-bond donors (Lipinski definition) is 1. The molecule has 0 bridgehead atoms. The summed E-state index contributed by atoms with van der Waals surface area (Å²) in [6.45, 7) is 4.54. The standard InChI is InChI=1S/C15H23N5O2/c1-18(10-12(21)11-20-5-7-22-8-6-20)14-3-4-16-15-13(14)9-17-19(15)2/h3-4,9,12,21H,5-8,10-11H2,1-2H3/t12-/m0/s1. The van der Waals surface area contributed by atoms with Crippen LogP contribution in [0.25, 0.3) is 11.0 Å². The van der Waals surface area contributed by atoms with Crippen LogP contribution in [0.3, 0.4) is 0 Å². The highest BCUT2D eigenvalue weighted by Gasteiger charge is 2.17. The Morgan fingerprint density at radius 1 is 1.41 bits per heavy atom. The molecule has 0 amide bonds. The van der Waals surface area contributed by atoms with Gasteiger partial charge in [-0.2, -0.15) is 5.10 Å². The molecular formula is C15H23N5O2. The third kappa shape index (κ3) is 3.21. The lowest BCUT2D eigenvalue weighted by atomic mass is 10.2. The van der Waals surface area contributed by atoms with E-state index < -0.39 is 6.10 Å². The Hall–Kier alpha value is -1.70. The molecule has 7 nitrogen and oxygen atoms in total. The van der Waals surface area contributed by atoms with Crippen molar-refractivity contribution in [3.63, 3.8) is 0 Å². The molecule has 0 aromatic carbocycles. The number of aliphatic hydroxyl groups excluding tert-OH is 1. The molecule has 0 spiro atoms. The Labute approximate surface area is 130 Å². The first-order valence-electron chi connectivity index (χ1n) is 7.61. The summed E-state index contributed by atoms with van der Waals surface area (Å²) in [4.78, 5) is 8.66. The summed E-state index contributed by atoms with van der Waals surface area (Å²) in [6.07, 6.45) is 3.20. The summed E-state index contributed by atoms with van der Waals surface area (Å²) in [5.41, 5.74) is 1.89. The topological polar surface area (TPSA) is 66.7 Å². The molecule has 0 unspecified atom stereocenters. The molecule has 1 fully saturated rings. The Balaban J connectivity index is 1.66. The number of likely N-dealkylation sites (N-methyl/N-ethyl adjacent to an activating group) is 1. The van der Waals surface area contributed by atoms with E-state index in [2.05, 4.69) is 19.9 Å². The van der Waals surface area contributed by atoms with Crippen molar-refractivity contribution in [2.75, 3.05) is 51.3 Å². The lowest BCUT2D eigenvalue weighted by Gasteiger charge is -2.30. The van der Waals surface area contributed by atoms with Crippen molar-refractivity contribution in [2.45, 2.75) is 6.10 Å². The van der Waals surface area contributed by atoms with Gasteiger partial charge in [-0.3, -0.25) is 9.58 Å². The van der Waals surface area contributed by atoms with Crippen LogP contribution in [0.4, 0.5) is 5.69 Å². The van der Waals surface area contributed by atoms with Crippen molar-refractivity contribution in [1.82, 2.24) is 19.7 Å². The summed E-state index contributed by atoms with van der Waals surface area (Å²) >= 11 is 0. The zero-order chi connectivity index (χ0) is 15.5. The minimum Gasteiger partial charge on any atom is -0.390 e. The number of nitrogens with zero attached hydrogens (tertiary/aromatic N) is 5. The summed E-state index contributed by atoms with van der Waals surface area (Å²) in [6, 6.07) is 1.96. The second-order valence-electron chi connectivity index (χ2n) is 5.78. The molecule has 2 aromatic rings. The molecule has 2 aromatic heterocycles. The normalized spacial score (nSPS) is 17.8. The van der Waals surface area contributed by atoms with Crippen LogP contribution in [0.2, 0.25) is 0 Å². The molecule has 22 heavy (non-hydrogen) atoms. The molecular weight excluding hydrogens is 282 g/mol. The number of fused-ring (bicyclic) bond motifs is 1. The molecule has 7 heteroatoms. The number of morpholine rings is 1. The van der Waals surface area contributed by atoms with Crippen molar-refractivity contribution in [2.24, 2.45) is 7.05 Å². The van der Waals surface area contributed by atoms with Gasteiger partial charge >= 0.3 is 0 Å². The SMILES string of the molecule is CN(C[C@H](O)CN1CCOCC1)c1ccnc2c1cnn2C. The minimum absolute atomic E-state index is 0.400. The molecule has 1 atom stereocenters. The summed E-state index contributed by atoms with van der Waals surface area (Å²) < 4.78 is 7.09. The molecule has 1 aliphatic heterocycles. The van der Waals surface area contributed by atoms with E-state index in [9.17, 15) is 5.11 Å². The maximum Gasteiger partial charge on any atom is 0.159 e. The van der Waals surface area contributed by atoms with E-state index in [0.717, 1.165) is 43.0 Å². The van der Waals surface area contributed by atoms with Crippen LogP contribution in [-0.4, -0.2) is 77.3 Å². The van der Waals surface area contributed by atoms with Crippen LogP contribution in [-0.2, 0) is 11.8 Å². The third-order valence-electron chi connectivity index (χ3n) is 4.08. The van der Waals surface area contributed by atoms with Crippen LogP contribution in [0, 0.1) is 0 Å². The quantitative estimate of drug-likeness (QED) is 0.845. The summed E-state index contributed by atoms with van der Waals surface area (Å²) in [7, 11) is 3.87. The maximum absolute atomic E-state index is 10.3. The number of rotatable bonds is 5. The molecule has 1 aliphatic rings. The van der Waals surface area contributed by atoms with Gasteiger partial charge in [0.1, 0.15) is 0 Å². The van der Waals surface area contributed by atoms with E-state index in [1.807, 2.05) is 26.4 Å². The summed E-state index contributed by atoms with van der Waals surface area (Å²) in [5.74, 6) is 0. The fraction of sp³-hybridized carbons (Fsp3) is 0.600. The van der Waals surface area contributed by atoms with Gasteiger partial charge in [0.05, 0.1) is 36.6 Å². The van der Waals surface area contributed by atoms with Crippen LogP contribution in [0.5, 0.6) is 0 Å². The molecule has 1 N–H and O–H groups in total. The van der Waals surface area contributed by atoms with E-state index in [-0.39, 0.29) is 0 Å². The fourth-order valence-electron chi connectivity index (χ4n) is 2.92. The first kappa shape index (κ1) is 15.2. The monoisotopic (exact) mass is 305 g/mol. The zero-order valence-electron chi connectivity index (χ0n) is 13.1. The van der Waals surface area contributed by atoms with E-state index in [0.29, 0.717) is 13.1 Å². The van der Waals surface area contributed by atoms with Gasteiger partial charge in [0, 0.05) is 46.5 Å². The van der Waals surface area contributed by atoms with Gasteiger partial charge in [0.25, 0.3) is 0 Å². The Bertz CT molecular complexity index is 623. The van der Waals surface area contributed by atoms with Crippen molar-refractivity contribution >= 4 is 16.7 Å². The van der Waals surface area contributed by atoms with Gasteiger partial charge in [0.2, 0.25) is 0 Å². The van der Waals surface area contributed by atoms with E-state index >= 15 is 0 Å². The van der Waals surface area contributed by atoms with Gasteiger partial charge in [-0.1, -0.05) is 0 Å². The van der Waals surface area contributed by atoms with Crippen molar-refractivity contribution < 1.29 is 9.84 Å². The first-order chi connectivity index (χ1) is 10.6. The van der Waals surface area contributed by atoms with Crippen LogP contribution in [0.15, 0.2) is 18.5 Å². The number of aliphatic hydroxyl groups is 1. The number of aromatic nitrogens is 3. The molecule has 0 aliphatic carbocycles. The minimum atomic E-state index is -0.400. The average Bonchev–Trinajstić information content (AvgIpc) is 2.89. The Morgan fingerprint density at radius 3 is 2.95 bits per heavy atom. The van der Waals surface area contributed by atoms with Gasteiger partial charge in [-0.25, -0.2) is 4.98 Å². The number of pyridine rings is 1. The fourth-order valence-corrected chi connectivity index (χ4v) is 2.92. The van der Waals surface area contributed by atoms with Gasteiger partial charge in [-0.15, -0.1) is 0 Å². The van der Waals surface area contributed by atoms with Gasteiger partial charge < -0.3 is 14.7 Å². The van der Waals surface area contributed by atoms with Gasteiger partial charge in [0.15, 0.2) is 5.65 Å². The molecule has 120 valence electrons. The molecule has 1 saturated heterocycles. The van der Waals surface area contributed by atoms with Gasteiger partial charge in [-0.05, 0) is 6.07 Å². The highest BCUT2D eigenvalue weighted by molar-refractivity contribution is 5.88. The first-order valence-corrected chi connectivity index (χ1v) is 7.61. The largest absolute Gasteiger partial charge is 0.390 e. The molecule has 0 saturated carbocycles. The van der Waals surface area contributed by atoms with E-state index in [1.165, 1.54) is 0 Å². The number of aryl methyl sites for hydroxylation is 1. The lowest BCUT2D eigenvalue weighted by molar-refractivity contribution is 0.0163.